The van der Waals surface area contributed by atoms with Crippen LogP contribution in [0.25, 0.3) is 5.69 Å². The summed E-state index contributed by atoms with van der Waals surface area (Å²) in [6.07, 6.45) is 3.29. The molecule has 0 unspecified atom stereocenters. The minimum atomic E-state index is -3.88. The van der Waals surface area contributed by atoms with E-state index >= 15 is 0 Å². The van der Waals surface area contributed by atoms with Crippen LogP contribution in [0.5, 0.6) is 5.75 Å². The van der Waals surface area contributed by atoms with E-state index in [0.717, 1.165) is 0 Å². The van der Waals surface area contributed by atoms with E-state index in [-0.39, 0.29) is 9.92 Å². The molecule has 1 N–H and O–H groups in total. The molecule has 0 saturated heterocycles. The number of hydrogen-bond acceptors (Lipinski definition) is 4. The Morgan fingerprint density at radius 3 is 2.60 bits per heavy atom. The molecule has 0 spiro atoms. The van der Waals surface area contributed by atoms with Gasteiger partial charge in [0.25, 0.3) is 10.0 Å². The molecule has 130 valence electrons. The predicted molar refractivity (Wildman–Crippen MR) is 97.4 cm³/mol. The van der Waals surface area contributed by atoms with Crippen molar-refractivity contribution in [2.24, 2.45) is 0 Å². The van der Waals surface area contributed by atoms with Crippen LogP contribution in [0.4, 0.5) is 5.69 Å². The largest absolute Gasteiger partial charge is 0.495 e. The Bertz CT molecular complexity index is 1010. The van der Waals surface area contributed by atoms with E-state index in [1.807, 2.05) is 0 Å². The van der Waals surface area contributed by atoms with Crippen LogP contribution in [0.15, 0.2) is 59.8 Å². The zero-order valence-electron chi connectivity index (χ0n) is 13.0. The highest BCUT2D eigenvalue weighted by Crippen LogP contribution is 2.30. The van der Waals surface area contributed by atoms with Gasteiger partial charge in [0.2, 0.25) is 0 Å². The van der Waals surface area contributed by atoms with Crippen LogP contribution in [0, 0.1) is 0 Å². The van der Waals surface area contributed by atoms with Gasteiger partial charge in [0, 0.05) is 17.4 Å². The number of methoxy groups -OCH3 is 1. The maximum Gasteiger partial charge on any atom is 0.262 e. The minimum absolute atomic E-state index is 0.00434. The first-order chi connectivity index (χ1) is 11.9. The molecule has 0 aliphatic rings. The van der Waals surface area contributed by atoms with Crippen molar-refractivity contribution in [3.05, 3.63) is 64.9 Å². The van der Waals surface area contributed by atoms with Gasteiger partial charge in [-0.3, -0.25) is 4.72 Å². The molecule has 0 aliphatic heterocycles. The summed E-state index contributed by atoms with van der Waals surface area (Å²) >= 11 is 12.0. The average Bonchev–Trinajstić information content (AvgIpc) is 3.08. The summed E-state index contributed by atoms with van der Waals surface area (Å²) in [6.45, 7) is 0. The second-order valence-corrected chi connectivity index (χ2v) is 7.54. The molecule has 2 aromatic carbocycles. The van der Waals surface area contributed by atoms with Crippen molar-refractivity contribution in [3.63, 3.8) is 0 Å². The summed E-state index contributed by atoms with van der Waals surface area (Å²) in [5.41, 5.74) is 0.834. The zero-order valence-corrected chi connectivity index (χ0v) is 15.3. The molecule has 3 rings (SSSR count). The molecular weight excluding hydrogens is 385 g/mol. The highest BCUT2D eigenvalue weighted by atomic mass is 35.5. The molecule has 0 saturated carbocycles. The number of nitrogens with one attached hydrogen (secondary N) is 1. The Labute approximate surface area is 155 Å². The van der Waals surface area contributed by atoms with Crippen LogP contribution in [0.1, 0.15) is 0 Å². The van der Waals surface area contributed by atoms with E-state index in [2.05, 4.69) is 9.82 Å². The van der Waals surface area contributed by atoms with Gasteiger partial charge >= 0.3 is 0 Å². The van der Waals surface area contributed by atoms with Gasteiger partial charge in [-0.15, -0.1) is 0 Å². The highest BCUT2D eigenvalue weighted by Gasteiger charge is 2.19. The fourth-order valence-corrected chi connectivity index (χ4v) is 3.80. The molecular formula is C16H13Cl2N3O3S. The monoisotopic (exact) mass is 397 g/mol. The number of hydrogen-bond donors (Lipinski definition) is 1. The quantitative estimate of drug-likeness (QED) is 0.706. The molecule has 0 radical (unpaired) electrons. The van der Waals surface area contributed by atoms with Crippen molar-refractivity contribution in [2.45, 2.75) is 4.90 Å². The molecule has 0 aliphatic carbocycles. The molecule has 3 aromatic rings. The van der Waals surface area contributed by atoms with Crippen LogP contribution in [0.2, 0.25) is 10.0 Å². The van der Waals surface area contributed by atoms with E-state index < -0.39 is 10.0 Å². The molecule has 6 nitrogen and oxygen atoms in total. The molecule has 1 heterocycles. The van der Waals surface area contributed by atoms with Gasteiger partial charge in [-0.1, -0.05) is 23.2 Å². The molecule has 0 atom stereocenters. The fraction of sp³-hybridized carbons (Fsp3) is 0.0625. The summed E-state index contributed by atoms with van der Waals surface area (Å²) in [4.78, 5) is 0.00434. The summed E-state index contributed by atoms with van der Waals surface area (Å²) in [5, 5.41) is 4.71. The van der Waals surface area contributed by atoms with E-state index in [0.29, 0.717) is 22.1 Å². The molecule has 0 bridgehead atoms. The Morgan fingerprint density at radius 2 is 1.96 bits per heavy atom. The van der Waals surface area contributed by atoms with Gasteiger partial charge in [-0.05, 0) is 42.5 Å². The third-order valence-electron chi connectivity index (χ3n) is 3.39. The number of sulfonamides is 1. The Balaban J connectivity index is 2.01. The lowest BCUT2D eigenvalue weighted by Gasteiger charge is -2.14. The maximum absolute atomic E-state index is 12.7. The SMILES string of the molecule is COc1ccc(S(=O)(=O)Nc2cc(Cl)ccc2-n2cccn2)cc1Cl. The van der Waals surface area contributed by atoms with Crippen molar-refractivity contribution < 1.29 is 13.2 Å². The lowest BCUT2D eigenvalue weighted by Crippen LogP contribution is -2.15. The highest BCUT2D eigenvalue weighted by molar-refractivity contribution is 7.92. The van der Waals surface area contributed by atoms with Crippen molar-refractivity contribution >= 4 is 38.9 Å². The van der Waals surface area contributed by atoms with Crippen molar-refractivity contribution in [2.75, 3.05) is 11.8 Å². The van der Waals surface area contributed by atoms with Crippen LogP contribution in [-0.4, -0.2) is 25.3 Å². The number of halogens is 2. The number of ether oxygens (including phenoxy) is 1. The second kappa shape index (κ2) is 6.95. The molecule has 0 fully saturated rings. The Morgan fingerprint density at radius 1 is 1.16 bits per heavy atom. The smallest absolute Gasteiger partial charge is 0.262 e. The minimum Gasteiger partial charge on any atom is -0.495 e. The Hall–Kier alpha value is -2.22. The van der Waals surface area contributed by atoms with E-state index in [1.54, 1.807) is 30.6 Å². The number of nitrogens with zero attached hydrogens (tertiary/aromatic N) is 2. The molecule has 9 heteroatoms. The summed E-state index contributed by atoms with van der Waals surface area (Å²) < 4.78 is 34.5. The third kappa shape index (κ3) is 3.73. The first-order valence-corrected chi connectivity index (χ1v) is 9.30. The summed E-state index contributed by atoms with van der Waals surface area (Å²) in [7, 11) is -2.43. The average molecular weight is 398 g/mol. The normalized spacial score (nSPS) is 11.3. The van der Waals surface area contributed by atoms with Gasteiger partial charge in [0.1, 0.15) is 5.75 Å². The Kier molecular flexibility index (Phi) is 4.89. The van der Waals surface area contributed by atoms with Crippen molar-refractivity contribution in [3.8, 4) is 11.4 Å². The standard InChI is InChI=1S/C16H13Cl2N3O3S/c1-24-16-6-4-12(10-13(16)18)25(22,23)20-14-9-11(17)3-5-15(14)21-8-2-7-19-21/h2-10,20H,1H3. The fourth-order valence-electron chi connectivity index (χ4n) is 2.22. The van der Waals surface area contributed by atoms with Gasteiger partial charge < -0.3 is 4.74 Å². The first kappa shape index (κ1) is 17.6. The maximum atomic E-state index is 12.7. The number of benzene rings is 2. The van der Waals surface area contributed by atoms with Crippen LogP contribution >= 0.6 is 23.2 Å². The lowest BCUT2D eigenvalue weighted by molar-refractivity contribution is 0.414. The summed E-state index contributed by atoms with van der Waals surface area (Å²) in [5.74, 6) is 0.389. The number of rotatable bonds is 5. The zero-order chi connectivity index (χ0) is 18.0. The van der Waals surface area contributed by atoms with E-state index in [4.69, 9.17) is 27.9 Å². The lowest BCUT2D eigenvalue weighted by atomic mass is 10.3. The molecule has 1 aromatic heterocycles. The summed E-state index contributed by atoms with van der Waals surface area (Å²) in [6, 6.07) is 10.8. The van der Waals surface area contributed by atoms with Crippen molar-refractivity contribution in [1.29, 1.82) is 0 Å². The van der Waals surface area contributed by atoms with E-state index in [1.165, 1.54) is 36.1 Å². The van der Waals surface area contributed by atoms with Crippen LogP contribution in [-0.2, 0) is 10.0 Å². The predicted octanol–water partition coefficient (Wildman–Crippen LogP) is 3.99. The van der Waals surface area contributed by atoms with Gasteiger partial charge in [-0.25, -0.2) is 13.1 Å². The second-order valence-electron chi connectivity index (χ2n) is 5.01. The first-order valence-electron chi connectivity index (χ1n) is 7.06. The molecule has 0 amide bonds. The van der Waals surface area contributed by atoms with Crippen molar-refractivity contribution in [1.82, 2.24) is 9.78 Å². The van der Waals surface area contributed by atoms with Crippen LogP contribution in [0.3, 0.4) is 0 Å². The van der Waals surface area contributed by atoms with Crippen LogP contribution < -0.4 is 9.46 Å². The van der Waals surface area contributed by atoms with E-state index in [9.17, 15) is 8.42 Å². The number of anilines is 1. The van der Waals surface area contributed by atoms with Gasteiger partial charge in [0.15, 0.2) is 0 Å². The molecule has 25 heavy (non-hydrogen) atoms. The third-order valence-corrected chi connectivity index (χ3v) is 5.28. The topological polar surface area (TPSA) is 73.2 Å². The van der Waals surface area contributed by atoms with Gasteiger partial charge in [-0.2, -0.15) is 5.10 Å². The van der Waals surface area contributed by atoms with Gasteiger partial charge in [0.05, 0.1) is 28.4 Å². The number of aromatic nitrogens is 2.